The van der Waals surface area contributed by atoms with Gasteiger partial charge in [0.15, 0.2) is 14.7 Å². The highest BCUT2D eigenvalue weighted by molar-refractivity contribution is 7.91. The molecular weight excluding hydrogens is 276 g/mol. The van der Waals surface area contributed by atoms with Crippen LogP contribution >= 0.6 is 11.3 Å². The molecule has 0 atom stereocenters. The molecule has 0 aliphatic carbocycles. The molecule has 0 unspecified atom stereocenters. The first-order valence-electron chi connectivity index (χ1n) is 5.52. The summed E-state index contributed by atoms with van der Waals surface area (Å²) in [4.78, 5) is 11.8. The van der Waals surface area contributed by atoms with E-state index in [1.54, 1.807) is 19.9 Å². The molecule has 1 aromatic heterocycles. The molecular formula is C11H16O5S2. The molecule has 7 heteroatoms. The standard InChI is InChI=1S/C11H16O5S2/c1-3-5-18(14,15)6-4-16-9-7-8(2)17-10(9)11(12)13/h7H,3-6H2,1-2H3,(H,12,13). The Morgan fingerprint density at radius 2 is 2.11 bits per heavy atom. The highest BCUT2D eigenvalue weighted by atomic mass is 32.2. The maximum Gasteiger partial charge on any atom is 0.349 e. The third-order valence-electron chi connectivity index (χ3n) is 2.18. The van der Waals surface area contributed by atoms with E-state index in [0.717, 1.165) is 16.2 Å². The van der Waals surface area contributed by atoms with Crippen molar-refractivity contribution in [3.05, 3.63) is 15.8 Å². The normalized spacial score (nSPS) is 11.4. The number of aromatic carboxylic acids is 1. The molecule has 1 aromatic rings. The van der Waals surface area contributed by atoms with Crippen LogP contribution in [0.25, 0.3) is 0 Å². The summed E-state index contributed by atoms with van der Waals surface area (Å²) < 4.78 is 28.2. The van der Waals surface area contributed by atoms with Crippen LogP contribution < -0.4 is 4.74 Å². The molecule has 1 heterocycles. The number of hydrogen-bond donors (Lipinski definition) is 1. The highest BCUT2D eigenvalue weighted by Gasteiger charge is 2.16. The van der Waals surface area contributed by atoms with Crippen molar-refractivity contribution in [3.8, 4) is 5.75 Å². The lowest BCUT2D eigenvalue weighted by Crippen LogP contribution is -2.17. The zero-order valence-electron chi connectivity index (χ0n) is 10.3. The van der Waals surface area contributed by atoms with Gasteiger partial charge in [-0.2, -0.15) is 0 Å². The van der Waals surface area contributed by atoms with Crippen LogP contribution in [0.2, 0.25) is 0 Å². The molecule has 1 N–H and O–H groups in total. The molecule has 5 nitrogen and oxygen atoms in total. The van der Waals surface area contributed by atoms with Crippen LogP contribution in [0.5, 0.6) is 5.75 Å². The Kier molecular flexibility index (Phi) is 5.15. The number of sulfone groups is 1. The number of aryl methyl sites for hydroxylation is 1. The number of rotatable bonds is 7. The van der Waals surface area contributed by atoms with E-state index in [9.17, 15) is 13.2 Å². The Morgan fingerprint density at radius 3 is 2.67 bits per heavy atom. The van der Waals surface area contributed by atoms with Crippen LogP contribution in [-0.2, 0) is 9.84 Å². The van der Waals surface area contributed by atoms with Crippen LogP contribution in [0.3, 0.4) is 0 Å². The lowest BCUT2D eigenvalue weighted by Gasteiger charge is -2.05. The number of hydrogen-bond acceptors (Lipinski definition) is 5. The predicted molar refractivity (Wildman–Crippen MR) is 70.5 cm³/mol. The van der Waals surface area contributed by atoms with Crippen molar-refractivity contribution < 1.29 is 23.1 Å². The lowest BCUT2D eigenvalue weighted by atomic mass is 10.4. The second-order valence-corrected chi connectivity index (χ2v) is 7.42. The zero-order valence-corrected chi connectivity index (χ0v) is 11.9. The summed E-state index contributed by atoms with van der Waals surface area (Å²) in [6.07, 6.45) is 0.570. The zero-order chi connectivity index (χ0) is 13.8. The minimum absolute atomic E-state index is 0.0151. The second kappa shape index (κ2) is 6.19. The monoisotopic (exact) mass is 292 g/mol. The van der Waals surface area contributed by atoms with Gasteiger partial charge in [0.2, 0.25) is 0 Å². The van der Waals surface area contributed by atoms with Gasteiger partial charge in [-0.25, -0.2) is 13.2 Å². The maximum atomic E-state index is 11.5. The minimum atomic E-state index is -3.10. The molecule has 0 amide bonds. The molecule has 0 spiro atoms. The molecule has 102 valence electrons. The summed E-state index contributed by atoms with van der Waals surface area (Å²) in [5, 5.41) is 8.93. The Morgan fingerprint density at radius 1 is 1.44 bits per heavy atom. The van der Waals surface area contributed by atoms with Gasteiger partial charge in [-0.05, 0) is 19.4 Å². The van der Waals surface area contributed by atoms with E-state index in [0.29, 0.717) is 6.42 Å². The fraction of sp³-hybridized carbons (Fsp3) is 0.545. The molecule has 0 radical (unpaired) electrons. The van der Waals surface area contributed by atoms with Gasteiger partial charge in [0, 0.05) is 4.88 Å². The fourth-order valence-electron chi connectivity index (χ4n) is 1.44. The van der Waals surface area contributed by atoms with Crippen molar-refractivity contribution in [2.45, 2.75) is 20.3 Å². The first-order chi connectivity index (χ1) is 8.35. The van der Waals surface area contributed by atoms with Crippen LogP contribution in [0, 0.1) is 6.92 Å². The summed E-state index contributed by atoms with van der Waals surface area (Å²) in [5.41, 5.74) is 0. The van der Waals surface area contributed by atoms with Gasteiger partial charge in [0.1, 0.15) is 12.4 Å². The quantitative estimate of drug-likeness (QED) is 0.831. The molecule has 1 rings (SSSR count). The number of carboxylic acids is 1. The summed E-state index contributed by atoms with van der Waals surface area (Å²) >= 11 is 1.12. The maximum absolute atomic E-state index is 11.5. The summed E-state index contributed by atoms with van der Waals surface area (Å²) in [6, 6.07) is 1.61. The first-order valence-corrected chi connectivity index (χ1v) is 8.16. The Hall–Kier alpha value is -1.08. The van der Waals surface area contributed by atoms with Gasteiger partial charge < -0.3 is 9.84 Å². The molecule has 0 fully saturated rings. The Balaban J connectivity index is 2.62. The lowest BCUT2D eigenvalue weighted by molar-refractivity contribution is 0.0698. The van der Waals surface area contributed by atoms with Crippen molar-refractivity contribution in [2.24, 2.45) is 0 Å². The van der Waals surface area contributed by atoms with E-state index >= 15 is 0 Å². The number of carbonyl (C=O) groups is 1. The topological polar surface area (TPSA) is 80.7 Å². The third kappa shape index (κ3) is 4.30. The molecule has 0 bridgehead atoms. The first kappa shape index (κ1) is 15.0. The molecule has 0 saturated heterocycles. The van der Waals surface area contributed by atoms with Gasteiger partial charge >= 0.3 is 5.97 Å². The van der Waals surface area contributed by atoms with E-state index < -0.39 is 15.8 Å². The molecule has 0 aliphatic heterocycles. The van der Waals surface area contributed by atoms with E-state index in [4.69, 9.17) is 9.84 Å². The van der Waals surface area contributed by atoms with Crippen LogP contribution in [0.1, 0.15) is 27.9 Å². The van der Waals surface area contributed by atoms with Crippen LogP contribution in [-0.4, -0.2) is 37.6 Å². The summed E-state index contributed by atoms with van der Waals surface area (Å²) in [7, 11) is -3.10. The van der Waals surface area contributed by atoms with Crippen molar-refractivity contribution in [3.63, 3.8) is 0 Å². The van der Waals surface area contributed by atoms with Crippen molar-refractivity contribution in [1.29, 1.82) is 0 Å². The molecule has 0 aromatic carbocycles. The Labute approximate surface area is 110 Å². The summed E-state index contributed by atoms with van der Waals surface area (Å²) in [5.74, 6) is -0.768. The SMILES string of the molecule is CCCS(=O)(=O)CCOc1cc(C)sc1C(=O)O. The third-order valence-corrected chi connectivity index (χ3v) is 5.02. The predicted octanol–water partition coefficient (Wildman–Crippen LogP) is 1.96. The largest absolute Gasteiger partial charge is 0.491 e. The van der Waals surface area contributed by atoms with Gasteiger partial charge in [-0.3, -0.25) is 0 Å². The van der Waals surface area contributed by atoms with E-state index in [2.05, 4.69) is 0 Å². The van der Waals surface area contributed by atoms with E-state index in [-0.39, 0.29) is 28.7 Å². The summed E-state index contributed by atoms with van der Waals surface area (Å²) in [6.45, 7) is 3.56. The van der Waals surface area contributed by atoms with Crippen molar-refractivity contribution in [2.75, 3.05) is 18.1 Å². The van der Waals surface area contributed by atoms with Crippen molar-refractivity contribution >= 4 is 27.1 Å². The van der Waals surface area contributed by atoms with E-state index in [1.165, 1.54) is 0 Å². The second-order valence-electron chi connectivity index (χ2n) is 3.86. The number of ether oxygens (including phenoxy) is 1. The van der Waals surface area contributed by atoms with E-state index in [1.807, 2.05) is 0 Å². The van der Waals surface area contributed by atoms with Crippen LogP contribution in [0.15, 0.2) is 6.07 Å². The van der Waals surface area contributed by atoms with Crippen molar-refractivity contribution in [1.82, 2.24) is 0 Å². The number of carboxylic acid groups (broad SMARTS) is 1. The van der Waals surface area contributed by atoms with Crippen LogP contribution in [0.4, 0.5) is 0 Å². The average Bonchev–Trinajstić information content (AvgIpc) is 2.59. The molecule has 0 saturated carbocycles. The molecule has 18 heavy (non-hydrogen) atoms. The van der Waals surface area contributed by atoms with Gasteiger partial charge in [0.05, 0.1) is 11.5 Å². The average molecular weight is 292 g/mol. The number of thiophene rings is 1. The van der Waals surface area contributed by atoms with Gasteiger partial charge in [-0.15, -0.1) is 11.3 Å². The van der Waals surface area contributed by atoms with Gasteiger partial charge in [-0.1, -0.05) is 6.92 Å². The smallest absolute Gasteiger partial charge is 0.349 e. The minimum Gasteiger partial charge on any atom is -0.491 e. The Bertz CT molecular complexity index is 516. The molecule has 0 aliphatic rings. The van der Waals surface area contributed by atoms with Gasteiger partial charge in [0.25, 0.3) is 0 Å². The fourth-order valence-corrected chi connectivity index (χ4v) is 3.40. The highest BCUT2D eigenvalue weighted by Crippen LogP contribution is 2.28.